The van der Waals surface area contributed by atoms with Crippen molar-refractivity contribution in [2.75, 3.05) is 23.4 Å². The van der Waals surface area contributed by atoms with Gasteiger partial charge in [0.1, 0.15) is 17.3 Å². The fourth-order valence-corrected chi connectivity index (χ4v) is 3.28. The van der Waals surface area contributed by atoms with Crippen LogP contribution in [0.5, 0.6) is 5.75 Å². The lowest BCUT2D eigenvalue weighted by Gasteiger charge is -2.26. The summed E-state index contributed by atoms with van der Waals surface area (Å²) in [5.74, 6) is 1.02. The second-order valence-electron chi connectivity index (χ2n) is 6.93. The smallest absolute Gasteiger partial charge is 0.332 e. The molecule has 0 aromatic carbocycles. The Morgan fingerprint density at radius 2 is 2.04 bits per heavy atom. The van der Waals surface area contributed by atoms with E-state index in [0.717, 1.165) is 18.4 Å². The second-order valence-corrected chi connectivity index (χ2v) is 6.93. The SMILES string of the molecule is CCCCN1c2c(n(C)c(=O)n(CCCO)c2=O)NC1Oc1cncc(C)c1. The van der Waals surface area contributed by atoms with Gasteiger partial charge in [-0.05, 0) is 31.4 Å². The predicted octanol–water partition coefficient (Wildman–Crippen LogP) is 1.03. The largest absolute Gasteiger partial charge is 0.451 e. The van der Waals surface area contributed by atoms with E-state index in [9.17, 15) is 9.59 Å². The van der Waals surface area contributed by atoms with Crippen LogP contribution in [0.1, 0.15) is 31.7 Å². The predicted molar refractivity (Wildman–Crippen MR) is 107 cm³/mol. The highest BCUT2D eigenvalue weighted by atomic mass is 16.5. The van der Waals surface area contributed by atoms with Gasteiger partial charge in [-0.3, -0.25) is 18.9 Å². The third-order valence-electron chi connectivity index (χ3n) is 4.75. The standard InChI is InChI=1S/C19H27N5O4/c1-4-5-7-23-15-16(21-18(23)28-14-10-13(2)11-20-12-14)22(3)19(27)24(17(15)26)8-6-9-25/h10-12,18,21,25H,4-9H2,1-3H3. The first-order valence-corrected chi connectivity index (χ1v) is 9.54. The number of nitrogens with one attached hydrogen (secondary N) is 1. The molecule has 0 bridgehead atoms. The molecule has 2 aromatic heterocycles. The lowest BCUT2D eigenvalue weighted by molar-refractivity contribution is 0.227. The summed E-state index contributed by atoms with van der Waals surface area (Å²) in [6.45, 7) is 4.69. The molecule has 0 spiro atoms. The van der Waals surface area contributed by atoms with Crippen LogP contribution in [0.4, 0.5) is 11.5 Å². The molecule has 3 rings (SSSR count). The van der Waals surface area contributed by atoms with Gasteiger partial charge in [-0.15, -0.1) is 0 Å². The number of fused-ring (bicyclic) bond motifs is 1. The molecule has 0 amide bonds. The highest BCUT2D eigenvalue weighted by molar-refractivity contribution is 5.71. The van der Waals surface area contributed by atoms with Crippen LogP contribution in [0.15, 0.2) is 28.0 Å². The first kappa shape index (κ1) is 19.9. The quantitative estimate of drug-likeness (QED) is 0.695. The van der Waals surface area contributed by atoms with Gasteiger partial charge >= 0.3 is 5.69 Å². The van der Waals surface area contributed by atoms with Gasteiger partial charge in [0, 0.05) is 32.9 Å². The molecule has 1 atom stereocenters. The van der Waals surface area contributed by atoms with Crippen molar-refractivity contribution in [3.8, 4) is 5.75 Å². The van der Waals surface area contributed by atoms with E-state index >= 15 is 0 Å². The van der Waals surface area contributed by atoms with E-state index in [1.807, 2.05) is 17.9 Å². The maximum absolute atomic E-state index is 13.1. The van der Waals surface area contributed by atoms with Gasteiger partial charge in [0.2, 0.25) is 0 Å². The number of nitrogens with zero attached hydrogens (tertiary/aromatic N) is 4. The summed E-state index contributed by atoms with van der Waals surface area (Å²) >= 11 is 0. The first-order chi connectivity index (χ1) is 13.5. The van der Waals surface area contributed by atoms with Crippen molar-refractivity contribution in [1.82, 2.24) is 14.1 Å². The molecule has 2 N–H and O–H groups in total. The Kier molecular flexibility index (Phi) is 6.03. The van der Waals surface area contributed by atoms with Gasteiger partial charge in [0.05, 0.1) is 6.20 Å². The number of aromatic nitrogens is 3. The number of hydrogen-bond donors (Lipinski definition) is 2. The molecule has 1 unspecified atom stereocenters. The number of aryl methyl sites for hydroxylation is 1. The third kappa shape index (κ3) is 3.75. The molecule has 0 fully saturated rings. The number of pyridine rings is 1. The number of rotatable bonds is 8. The Morgan fingerprint density at radius 3 is 2.71 bits per heavy atom. The number of ether oxygens (including phenoxy) is 1. The summed E-state index contributed by atoms with van der Waals surface area (Å²) < 4.78 is 8.66. The lowest BCUT2D eigenvalue weighted by atomic mass is 10.3. The molecule has 0 radical (unpaired) electrons. The van der Waals surface area contributed by atoms with E-state index < -0.39 is 12.0 Å². The molecule has 9 heteroatoms. The fourth-order valence-electron chi connectivity index (χ4n) is 3.28. The summed E-state index contributed by atoms with van der Waals surface area (Å²) in [5, 5.41) is 12.3. The van der Waals surface area contributed by atoms with Gasteiger partial charge in [-0.2, -0.15) is 0 Å². The molecule has 9 nitrogen and oxygen atoms in total. The van der Waals surface area contributed by atoms with E-state index in [4.69, 9.17) is 9.84 Å². The molecular weight excluding hydrogens is 362 g/mol. The number of aliphatic hydroxyl groups is 1. The van der Waals surface area contributed by atoms with Gasteiger partial charge in [0.15, 0.2) is 0 Å². The van der Waals surface area contributed by atoms with E-state index in [-0.39, 0.29) is 18.7 Å². The van der Waals surface area contributed by atoms with Crippen LogP contribution in [-0.4, -0.2) is 38.7 Å². The normalized spacial score (nSPS) is 15.4. The molecule has 0 saturated heterocycles. The van der Waals surface area contributed by atoms with Crippen LogP contribution in [0.3, 0.4) is 0 Å². The highest BCUT2D eigenvalue weighted by Crippen LogP contribution is 2.31. The Morgan fingerprint density at radius 1 is 1.25 bits per heavy atom. The van der Waals surface area contributed by atoms with Gasteiger partial charge in [-0.25, -0.2) is 4.79 Å². The first-order valence-electron chi connectivity index (χ1n) is 9.54. The van der Waals surface area contributed by atoms with Crippen LogP contribution in [0.25, 0.3) is 0 Å². The van der Waals surface area contributed by atoms with Gasteiger partial charge < -0.3 is 20.1 Å². The molecule has 0 aliphatic carbocycles. The van der Waals surface area contributed by atoms with Crippen LogP contribution < -0.4 is 26.2 Å². The van der Waals surface area contributed by atoms with E-state index in [2.05, 4.69) is 17.2 Å². The van der Waals surface area contributed by atoms with Crippen LogP contribution >= 0.6 is 0 Å². The zero-order chi connectivity index (χ0) is 20.3. The van der Waals surface area contributed by atoms with Crippen molar-refractivity contribution in [2.45, 2.75) is 46.0 Å². The summed E-state index contributed by atoms with van der Waals surface area (Å²) in [6, 6.07) is 1.87. The summed E-state index contributed by atoms with van der Waals surface area (Å²) in [6.07, 6.45) is 4.90. The van der Waals surface area contributed by atoms with Crippen molar-refractivity contribution in [2.24, 2.45) is 7.05 Å². The van der Waals surface area contributed by atoms with Crippen LogP contribution in [0, 0.1) is 6.92 Å². The molecule has 1 aliphatic heterocycles. The molecule has 1 aliphatic rings. The Hall–Kier alpha value is -2.81. The van der Waals surface area contributed by atoms with Crippen molar-refractivity contribution in [1.29, 1.82) is 0 Å². The monoisotopic (exact) mass is 389 g/mol. The van der Waals surface area contributed by atoms with Gasteiger partial charge in [0.25, 0.3) is 11.9 Å². The number of aliphatic hydroxyl groups excluding tert-OH is 1. The average molecular weight is 389 g/mol. The zero-order valence-electron chi connectivity index (χ0n) is 16.5. The van der Waals surface area contributed by atoms with Gasteiger partial charge in [-0.1, -0.05) is 13.3 Å². The Balaban J connectivity index is 2.02. The topological polar surface area (TPSA) is 102 Å². The Labute approximate surface area is 163 Å². The van der Waals surface area contributed by atoms with E-state index in [1.54, 1.807) is 19.4 Å². The lowest BCUT2D eigenvalue weighted by Crippen LogP contribution is -2.44. The highest BCUT2D eigenvalue weighted by Gasteiger charge is 2.36. The second kappa shape index (κ2) is 8.47. The van der Waals surface area contributed by atoms with Crippen molar-refractivity contribution in [3.63, 3.8) is 0 Å². The van der Waals surface area contributed by atoms with Crippen molar-refractivity contribution in [3.05, 3.63) is 44.9 Å². The van der Waals surface area contributed by atoms with E-state index in [0.29, 0.717) is 30.2 Å². The zero-order valence-corrected chi connectivity index (χ0v) is 16.5. The third-order valence-corrected chi connectivity index (χ3v) is 4.75. The number of anilines is 2. The molecule has 28 heavy (non-hydrogen) atoms. The molecule has 0 saturated carbocycles. The Bertz CT molecular complexity index is 952. The summed E-state index contributed by atoms with van der Waals surface area (Å²) in [4.78, 5) is 31.7. The molecule has 3 heterocycles. The maximum atomic E-state index is 13.1. The van der Waals surface area contributed by atoms with Crippen LogP contribution in [-0.2, 0) is 13.6 Å². The number of hydrogen-bond acceptors (Lipinski definition) is 7. The fraction of sp³-hybridized carbons (Fsp3) is 0.526. The van der Waals surface area contributed by atoms with E-state index in [1.165, 1.54) is 9.13 Å². The minimum Gasteiger partial charge on any atom is -0.451 e. The minimum atomic E-state index is -0.614. The number of unbranched alkanes of at least 4 members (excludes halogenated alkanes) is 1. The molecule has 2 aromatic rings. The summed E-state index contributed by atoms with van der Waals surface area (Å²) in [5.41, 5.74) is 0.590. The van der Waals surface area contributed by atoms with Crippen molar-refractivity contribution < 1.29 is 9.84 Å². The minimum absolute atomic E-state index is 0.0867. The van der Waals surface area contributed by atoms with Crippen molar-refractivity contribution >= 4 is 11.5 Å². The summed E-state index contributed by atoms with van der Waals surface area (Å²) in [7, 11) is 1.62. The average Bonchev–Trinajstić information content (AvgIpc) is 3.03. The molecular formula is C19H27N5O4. The maximum Gasteiger partial charge on any atom is 0.332 e. The van der Waals surface area contributed by atoms with Crippen LogP contribution in [0.2, 0.25) is 0 Å². The molecule has 152 valence electrons.